The van der Waals surface area contributed by atoms with Crippen molar-refractivity contribution < 1.29 is 9.53 Å². The van der Waals surface area contributed by atoms with Gasteiger partial charge in [0, 0.05) is 0 Å². The van der Waals surface area contributed by atoms with Gasteiger partial charge in [0.1, 0.15) is 0 Å². The van der Waals surface area contributed by atoms with Gasteiger partial charge < -0.3 is 4.74 Å². The summed E-state index contributed by atoms with van der Waals surface area (Å²) in [4.78, 5) is 12.1. The Hall–Kier alpha value is -0.280. The first-order valence-corrected chi connectivity index (χ1v) is 3.05. The fraction of sp³-hybridized carbons (Fsp3) is 0.800. The first kappa shape index (κ1) is 8.72. The maximum absolute atomic E-state index is 10.5. The Labute approximate surface area is 59.5 Å². The highest BCUT2D eigenvalue weighted by molar-refractivity contribution is 6.17. The molecule has 9 heavy (non-hydrogen) atoms. The second kappa shape index (κ2) is 4.58. The average Bonchev–Trinajstić information content (AvgIpc) is 1.87. The Morgan fingerprint density at radius 3 is 2.67 bits per heavy atom. The highest BCUT2D eigenvalue weighted by atomic mass is 35.5. The lowest BCUT2D eigenvalue weighted by Gasteiger charge is -2.08. The van der Waals surface area contributed by atoms with Gasteiger partial charge in [-0.3, -0.25) is 9.69 Å². The van der Waals surface area contributed by atoms with Crippen LogP contribution < -0.4 is 0 Å². The van der Waals surface area contributed by atoms with E-state index in [0.29, 0.717) is 6.00 Å². The van der Waals surface area contributed by atoms with Gasteiger partial charge in [0.2, 0.25) is 0 Å². The normalized spacial score (nSPS) is 9.78. The summed E-state index contributed by atoms with van der Waals surface area (Å²) >= 11 is 5.37. The number of hydrogen-bond donors (Lipinski definition) is 0. The van der Waals surface area contributed by atoms with Crippen molar-refractivity contribution in [3.05, 3.63) is 0 Å². The fourth-order valence-electron chi connectivity index (χ4n) is 0.327. The number of ether oxygens (including phenoxy) is 1. The third-order valence-electron chi connectivity index (χ3n) is 0.831. The number of alkyl halides is 1. The topological polar surface area (TPSA) is 29.5 Å². The molecule has 0 unspecified atom stereocenters. The third-order valence-corrected chi connectivity index (χ3v) is 1.24. The summed E-state index contributed by atoms with van der Waals surface area (Å²) in [6.45, 7) is 0.250. The Bertz CT molecular complexity index is 97.0. The molecule has 0 saturated heterocycles. The zero-order valence-electron chi connectivity index (χ0n) is 5.56. The van der Waals surface area contributed by atoms with Crippen LogP contribution in [0.3, 0.4) is 0 Å². The maximum atomic E-state index is 10.5. The Balaban J connectivity index is 3.34. The number of nitrogens with zero attached hydrogens (tertiary/aromatic N) is 1. The van der Waals surface area contributed by atoms with Crippen molar-refractivity contribution in [1.82, 2.24) is 4.90 Å². The molecule has 0 aliphatic heterocycles. The summed E-state index contributed by atoms with van der Waals surface area (Å²) in [5, 5.41) is 0. The molecule has 3 nitrogen and oxygen atoms in total. The lowest BCUT2D eigenvalue weighted by molar-refractivity contribution is -0.141. The molecule has 0 bridgehead atoms. The van der Waals surface area contributed by atoms with E-state index in [9.17, 15) is 4.79 Å². The van der Waals surface area contributed by atoms with Gasteiger partial charge in [0.25, 0.3) is 0 Å². The standard InChI is InChI=1S/C5H10ClNO2/c1-7(4-6)3-5(8)9-2/h3-4H2,1-2H3. The molecule has 54 valence electrons. The van der Waals surface area contributed by atoms with Crippen LogP contribution in [-0.2, 0) is 9.53 Å². The lowest BCUT2D eigenvalue weighted by atomic mass is 10.6. The average molecular weight is 152 g/mol. The number of halogens is 1. The highest BCUT2D eigenvalue weighted by Crippen LogP contribution is 1.85. The van der Waals surface area contributed by atoms with E-state index in [2.05, 4.69) is 4.74 Å². The summed E-state index contributed by atoms with van der Waals surface area (Å²) in [5.41, 5.74) is 0. The molecule has 0 atom stereocenters. The van der Waals surface area contributed by atoms with Crippen LogP contribution in [0.2, 0.25) is 0 Å². The summed E-state index contributed by atoms with van der Waals surface area (Å²) in [6, 6.07) is 0.342. The van der Waals surface area contributed by atoms with Crippen LogP contribution in [0.5, 0.6) is 0 Å². The van der Waals surface area contributed by atoms with E-state index < -0.39 is 0 Å². The van der Waals surface area contributed by atoms with Gasteiger partial charge >= 0.3 is 5.97 Å². The molecular weight excluding hydrogens is 142 g/mol. The van der Waals surface area contributed by atoms with Crippen LogP contribution in [0.15, 0.2) is 0 Å². The summed E-state index contributed by atoms with van der Waals surface area (Å²) < 4.78 is 4.38. The highest BCUT2D eigenvalue weighted by Gasteiger charge is 2.02. The number of carbonyl (C=O) groups excluding carboxylic acids is 1. The Kier molecular flexibility index (Phi) is 4.44. The molecule has 4 heteroatoms. The molecule has 0 fully saturated rings. The van der Waals surface area contributed by atoms with Crippen LogP contribution in [0.25, 0.3) is 0 Å². The predicted octanol–water partition coefficient (Wildman–Crippen LogP) is 0.287. The first-order chi connectivity index (χ1) is 4.20. The fourth-order valence-corrected chi connectivity index (χ4v) is 0.412. The van der Waals surface area contributed by atoms with Gasteiger partial charge in [-0.25, -0.2) is 0 Å². The first-order valence-electron chi connectivity index (χ1n) is 2.52. The van der Waals surface area contributed by atoms with Crippen LogP contribution in [0.1, 0.15) is 0 Å². The van der Waals surface area contributed by atoms with Gasteiger partial charge in [-0.2, -0.15) is 0 Å². The number of rotatable bonds is 3. The molecule has 0 rings (SSSR count). The number of hydrogen-bond acceptors (Lipinski definition) is 3. The minimum Gasteiger partial charge on any atom is -0.468 e. The summed E-state index contributed by atoms with van der Waals surface area (Å²) in [7, 11) is 3.09. The van der Waals surface area contributed by atoms with Crippen molar-refractivity contribution in [3.8, 4) is 0 Å². The van der Waals surface area contributed by atoms with Crippen molar-refractivity contribution in [2.45, 2.75) is 0 Å². The van der Waals surface area contributed by atoms with E-state index in [0.717, 1.165) is 0 Å². The van der Waals surface area contributed by atoms with Crippen LogP contribution in [-0.4, -0.2) is 37.6 Å². The Morgan fingerprint density at radius 2 is 2.33 bits per heavy atom. The van der Waals surface area contributed by atoms with E-state index in [4.69, 9.17) is 11.6 Å². The van der Waals surface area contributed by atoms with E-state index in [-0.39, 0.29) is 12.5 Å². The predicted molar refractivity (Wildman–Crippen MR) is 35.4 cm³/mol. The molecule has 0 aromatic heterocycles. The van der Waals surface area contributed by atoms with Gasteiger partial charge in [-0.05, 0) is 7.05 Å². The second-order valence-corrected chi connectivity index (χ2v) is 1.95. The van der Waals surface area contributed by atoms with Crippen molar-refractivity contribution in [2.75, 3.05) is 26.7 Å². The molecule has 0 spiro atoms. The largest absolute Gasteiger partial charge is 0.468 e. The number of carbonyl (C=O) groups is 1. The molecule has 0 aliphatic rings. The molecule has 0 heterocycles. The molecule has 0 aromatic carbocycles. The molecule has 0 N–H and O–H groups in total. The van der Waals surface area contributed by atoms with Gasteiger partial charge in [-0.15, -0.1) is 11.6 Å². The minimum absolute atomic E-state index is 0.250. The molecular formula is C5H10ClNO2. The van der Waals surface area contributed by atoms with Gasteiger partial charge in [0.15, 0.2) is 0 Å². The summed E-state index contributed by atoms with van der Waals surface area (Å²) in [6.07, 6.45) is 0. The van der Waals surface area contributed by atoms with E-state index in [1.54, 1.807) is 11.9 Å². The maximum Gasteiger partial charge on any atom is 0.319 e. The minimum atomic E-state index is -0.266. The SMILES string of the molecule is COC(=O)CN(C)CCl. The monoisotopic (exact) mass is 151 g/mol. The quantitative estimate of drug-likeness (QED) is 0.330. The lowest BCUT2D eigenvalue weighted by Crippen LogP contribution is -2.25. The van der Waals surface area contributed by atoms with Crippen LogP contribution >= 0.6 is 11.6 Å². The van der Waals surface area contributed by atoms with Crippen LogP contribution in [0, 0.1) is 0 Å². The zero-order chi connectivity index (χ0) is 7.28. The molecule has 0 amide bonds. The second-order valence-electron chi connectivity index (χ2n) is 1.71. The summed E-state index contributed by atoms with van der Waals surface area (Å²) in [5.74, 6) is -0.266. The number of methoxy groups -OCH3 is 1. The zero-order valence-corrected chi connectivity index (χ0v) is 6.31. The van der Waals surface area contributed by atoms with E-state index in [1.807, 2.05) is 0 Å². The van der Waals surface area contributed by atoms with Crippen molar-refractivity contribution in [2.24, 2.45) is 0 Å². The third kappa shape index (κ3) is 4.24. The molecule has 0 aromatic rings. The number of esters is 1. The molecule has 0 radical (unpaired) electrons. The van der Waals surface area contributed by atoms with E-state index >= 15 is 0 Å². The van der Waals surface area contributed by atoms with Gasteiger partial charge in [0.05, 0.1) is 19.7 Å². The van der Waals surface area contributed by atoms with Crippen molar-refractivity contribution >= 4 is 17.6 Å². The van der Waals surface area contributed by atoms with Crippen molar-refractivity contribution in [1.29, 1.82) is 0 Å². The molecule has 0 aliphatic carbocycles. The van der Waals surface area contributed by atoms with E-state index in [1.165, 1.54) is 7.11 Å². The van der Waals surface area contributed by atoms with Crippen LogP contribution in [0.4, 0.5) is 0 Å². The van der Waals surface area contributed by atoms with Gasteiger partial charge in [-0.1, -0.05) is 0 Å². The number of likely N-dealkylation sites (N-methyl/N-ethyl adjacent to an activating group) is 1. The smallest absolute Gasteiger partial charge is 0.319 e. The molecule has 0 saturated carbocycles. The van der Waals surface area contributed by atoms with Crippen molar-refractivity contribution in [3.63, 3.8) is 0 Å². The Morgan fingerprint density at radius 1 is 1.78 bits per heavy atom.